The van der Waals surface area contributed by atoms with Crippen molar-refractivity contribution in [3.63, 3.8) is 0 Å². The van der Waals surface area contributed by atoms with E-state index in [1.807, 2.05) is 0 Å². The average molecular weight is 100 g/mol. The molecule has 0 unspecified atom stereocenters. The molecule has 0 fully saturated rings. The van der Waals surface area contributed by atoms with Crippen molar-refractivity contribution in [2.75, 3.05) is 6.61 Å². The summed E-state index contributed by atoms with van der Waals surface area (Å²) in [6.07, 6.45) is 3.57. The molecule has 0 bridgehead atoms. The van der Waals surface area contributed by atoms with E-state index in [0.29, 0.717) is 0 Å². The van der Waals surface area contributed by atoms with Crippen LogP contribution in [0.4, 0.5) is 0 Å². The lowest BCUT2D eigenvalue weighted by molar-refractivity contribution is 0.247. The molecule has 3 heteroatoms. The van der Waals surface area contributed by atoms with Gasteiger partial charge in [0, 0.05) is 12.4 Å². The summed E-state index contributed by atoms with van der Waals surface area (Å²) in [4.78, 5) is 0. The van der Waals surface area contributed by atoms with Gasteiger partial charge in [0.05, 0.1) is 6.61 Å². The average Bonchev–Trinajstić information content (AvgIpc) is 2.14. The Morgan fingerprint density at radius 1 is 1.43 bits per heavy atom. The Kier molecular flexibility index (Phi) is 1.17. The van der Waals surface area contributed by atoms with Crippen LogP contribution in [0.1, 0.15) is 0 Å². The lowest BCUT2D eigenvalue weighted by atomic mass is 10.6. The zero-order valence-corrected chi connectivity index (χ0v) is 3.89. The molecule has 0 aromatic heterocycles. The Balaban J connectivity index is 2.22. The number of nitrogens with one attached hydrogen (secondary N) is 2. The van der Waals surface area contributed by atoms with E-state index in [1.165, 1.54) is 0 Å². The molecule has 1 rings (SSSR count). The molecule has 0 aromatic rings. The Labute approximate surface area is 42.0 Å². The van der Waals surface area contributed by atoms with Gasteiger partial charge in [-0.2, -0.15) is 0 Å². The van der Waals surface area contributed by atoms with E-state index in [4.69, 9.17) is 5.11 Å². The quantitative estimate of drug-likeness (QED) is 0.394. The second-order valence-corrected chi connectivity index (χ2v) is 1.40. The number of aliphatic hydroxyl groups is 1. The minimum Gasteiger partial charge on any atom is -0.392 e. The minimum atomic E-state index is 0.0417. The molecule has 3 nitrogen and oxygen atoms in total. The van der Waals surface area contributed by atoms with E-state index < -0.39 is 0 Å². The highest BCUT2D eigenvalue weighted by Gasteiger charge is 2.02. The molecule has 0 saturated carbocycles. The second kappa shape index (κ2) is 1.84. The third-order valence-corrected chi connectivity index (χ3v) is 0.861. The van der Waals surface area contributed by atoms with E-state index in [0.717, 1.165) is 0 Å². The summed E-state index contributed by atoms with van der Waals surface area (Å²) in [5.74, 6) is 0. The second-order valence-electron chi connectivity index (χ2n) is 1.40. The van der Waals surface area contributed by atoms with Crippen LogP contribution in [0.3, 0.4) is 0 Å². The molecule has 0 aromatic carbocycles. The molecule has 1 heterocycles. The maximum Gasteiger partial charge on any atom is 0.119 e. The fraction of sp³-hybridized carbons (Fsp3) is 0.500. The molecule has 40 valence electrons. The molecule has 0 atom stereocenters. The van der Waals surface area contributed by atoms with Gasteiger partial charge in [0.2, 0.25) is 0 Å². The number of aliphatic hydroxyl groups excluding tert-OH is 1. The highest BCUT2D eigenvalue weighted by molar-refractivity contribution is 4.89. The van der Waals surface area contributed by atoms with E-state index in [2.05, 4.69) is 10.6 Å². The standard InChI is InChI=1S/C4H8N2O/c7-3-4-5-1-2-6-4/h1-2,4-7H,3H2. The summed E-state index contributed by atoms with van der Waals surface area (Å²) in [7, 11) is 0. The Hall–Kier alpha value is -0.700. The Morgan fingerprint density at radius 3 is 2.29 bits per heavy atom. The molecule has 1 aliphatic rings. The summed E-state index contributed by atoms with van der Waals surface area (Å²) in [5, 5.41) is 14.1. The molecule has 1 aliphatic heterocycles. The van der Waals surface area contributed by atoms with E-state index in [1.54, 1.807) is 12.4 Å². The molecule has 3 N–H and O–H groups in total. The summed E-state index contributed by atoms with van der Waals surface area (Å²) >= 11 is 0. The zero-order chi connectivity index (χ0) is 5.11. The maximum absolute atomic E-state index is 8.40. The maximum atomic E-state index is 8.40. The molecule has 0 aliphatic carbocycles. The minimum absolute atomic E-state index is 0.0417. The van der Waals surface area contributed by atoms with Crippen molar-refractivity contribution in [1.29, 1.82) is 0 Å². The first-order valence-corrected chi connectivity index (χ1v) is 2.21. The molecule has 0 spiro atoms. The van der Waals surface area contributed by atoms with Crippen molar-refractivity contribution < 1.29 is 5.11 Å². The number of hydrogen-bond donors (Lipinski definition) is 3. The van der Waals surface area contributed by atoms with Crippen molar-refractivity contribution in [3.05, 3.63) is 12.4 Å². The first-order chi connectivity index (χ1) is 3.43. The zero-order valence-electron chi connectivity index (χ0n) is 3.89. The topological polar surface area (TPSA) is 44.3 Å². The highest BCUT2D eigenvalue weighted by Crippen LogP contribution is 1.81. The van der Waals surface area contributed by atoms with Crippen LogP contribution >= 0.6 is 0 Å². The van der Waals surface area contributed by atoms with Crippen LogP contribution in [-0.4, -0.2) is 17.9 Å². The molecular weight excluding hydrogens is 92.1 g/mol. The van der Waals surface area contributed by atoms with Crippen molar-refractivity contribution >= 4 is 0 Å². The van der Waals surface area contributed by atoms with Crippen LogP contribution in [0.5, 0.6) is 0 Å². The van der Waals surface area contributed by atoms with E-state index >= 15 is 0 Å². The van der Waals surface area contributed by atoms with Crippen molar-refractivity contribution in [2.24, 2.45) is 0 Å². The van der Waals surface area contributed by atoms with Gasteiger partial charge in [-0.25, -0.2) is 0 Å². The van der Waals surface area contributed by atoms with Crippen molar-refractivity contribution in [1.82, 2.24) is 10.6 Å². The molecule has 7 heavy (non-hydrogen) atoms. The predicted octanol–water partition coefficient (Wildman–Crippen LogP) is -1.03. The van der Waals surface area contributed by atoms with Crippen molar-refractivity contribution in [2.45, 2.75) is 6.17 Å². The van der Waals surface area contributed by atoms with Crippen LogP contribution in [-0.2, 0) is 0 Å². The van der Waals surface area contributed by atoms with E-state index in [9.17, 15) is 0 Å². The molecule has 0 amide bonds. The third kappa shape index (κ3) is 0.838. The van der Waals surface area contributed by atoms with Gasteiger partial charge in [0.25, 0.3) is 0 Å². The first-order valence-electron chi connectivity index (χ1n) is 2.21. The van der Waals surface area contributed by atoms with Gasteiger partial charge in [-0.1, -0.05) is 0 Å². The monoisotopic (exact) mass is 100 g/mol. The predicted molar refractivity (Wildman–Crippen MR) is 26.3 cm³/mol. The highest BCUT2D eigenvalue weighted by atomic mass is 16.3. The van der Waals surface area contributed by atoms with Gasteiger partial charge in [-0.05, 0) is 0 Å². The van der Waals surface area contributed by atoms with Crippen LogP contribution in [0.25, 0.3) is 0 Å². The van der Waals surface area contributed by atoms with E-state index in [-0.39, 0.29) is 12.8 Å². The van der Waals surface area contributed by atoms with Gasteiger partial charge >= 0.3 is 0 Å². The first kappa shape index (κ1) is 4.46. The summed E-state index contributed by atoms with van der Waals surface area (Å²) in [6, 6.07) is 0. The molecular formula is C4H8N2O. The van der Waals surface area contributed by atoms with Gasteiger partial charge in [-0.3, -0.25) is 0 Å². The lowest BCUT2D eigenvalue weighted by Gasteiger charge is -2.05. The normalized spacial score (nSPS) is 19.0. The molecule has 0 radical (unpaired) electrons. The van der Waals surface area contributed by atoms with Gasteiger partial charge in [0.15, 0.2) is 0 Å². The third-order valence-electron chi connectivity index (χ3n) is 0.861. The summed E-state index contributed by atoms with van der Waals surface area (Å²) in [6.45, 7) is 0.132. The lowest BCUT2D eigenvalue weighted by Crippen LogP contribution is -2.33. The van der Waals surface area contributed by atoms with Crippen LogP contribution in [0.2, 0.25) is 0 Å². The van der Waals surface area contributed by atoms with Gasteiger partial charge < -0.3 is 15.7 Å². The van der Waals surface area contributed by atoms with Crippen LogP contribution in [0, 0.1) is 0 Å². The number of rotatable bonds is 1. The van der Waals surface area contributed by atoms with Crippen LogP contribution in [0.15, 0.2) is 12.4 Å². The molecule has 0 saturated heterocycles. The Bertz CT molecular complexity index is 73.8. The fourth-order valence-electron chi connectivity index (χ4n) is 0.482. The summed E-state index contributed by atoms with van der Waals surface area (Å²) < 4.78 is 0. The van der Waals surface area contributed by atoms with Gasteiger partial charge in [-0.15, -0.1) is 0 Å². The Morgan fingerprint density at radius 2 is 2.00 bits per heavy atom. The SMILES string of the molecule is OCC1NC=CN1. The van der Waals surface area contributed by atoms with Crippen molar-refractivity contribution in [3.8, 4) is 0 Å². The largest absolute Gasteiger partial charge is 0.392 e. The van der Waals surface area contributed by atoms with Gasteiger partial charge in [0.1, 0.15) is 6.17 Å². The smallest absolute Gasteiger partial charge is 0.119 e. The number of hydrogen-bond acceptors (Lipinski definition) is 3. The summed E-state index contributed by atoms with van der Waals surface area (Å²) in [5.41, 5.74) is 0. The van der Waals surface area contributed by atoms with Crippen LogP contribution < -0.4 is 10.6 Å². The fourth-order valence-corrected chi connectivity index (χ4v) is 0.482.